The topological polar surface area (TPSA) is 38.7 Å². The first-order valence-electron chi connectivity index (χ1n) is 3.79. The molecule has 12 heteroatoms. The number of nitrogens with zero attached hydrogens (tertiary/aromatic N) is 3. The van der Waals surface area contributed by atoms with Crippen LogP contribution in [-0.2, 0) is 13.8 Å². The maximum absolute atomic E-state index is 12.5. The Morgan fingerprint density at radius 1 is 0.611 bits per heavy atom. The first kappa shape index (κ1) is 16.6. The fourth-order valence-corrected chi connectivity index (χ4v) is 1.26. The van der Waals surface area contributed by atoms with Crippen molar-refractivity contribution in [1.29, 1.82) is 0 Å². The van der Waals surface area contributed by atoms with Crippen LogP contribution in [0.25, 0.3) is 0 Å². The van der Waals surface area contributed by atoms with Gasteiger partial charge in [0.05, 0.1) is 0 Å². The summed E-state index contributed by atoms with van der Waals surface area (Å²) in [7, 11) is 0. The number of rotatable bonds is 0. The summed E-state index contributed by atoms with van der Waals surface area (Å²) < 4.78 is 32.9. The lowest BCUT2D eigenvalue weighted by Crippen LogP contribution is -2.22. The van der Waals surface area contributed by atoms with Crippen molar-refractivity contribution in [2.75, 3.05) is 0 Å². The van der Waals surface area contributed by atoms with Gasteiger partial charge in [-0.25, -0.2) is 15.0 Å². The minimum absolute atomic E-state index is 0.795. The van der Waals surface area contributed by atoms with Crippen LogP contribution in [-0.4, -0.2) is 15.0 Å². The monoisotopic (exact) mass is 381 g/mol. The summed E-state index contributed by atoms with van der Waals surface area (Å²) in [5.74, 6) is -3.22. The van der Waals surface area contributed by atoms with Crippen molar-refractivity contribution < 1.29 is 13.2 Å². The zero-order valence-corrected chi connectivity index (χ0v) is 12.3. The molecule has 0 N–H and O–H groups in total. The third kappa shape index (κ3) is 4.28. The lowest BCUT2D eigenvalue weighted by molar-refractivity contribution is -0.145. The Kier molecular flexibility index (Phi) is 4.74. The molecule has 0 aliphatic carbocycles. The minimum atomic E-state index is -4.90. The van der Waals surface area contributed by atoms with Crippen LogP contribution in [0.5, 0.6) is 0 Å². The molecule has 1 aromatic heterocycles. The van der Waals surface area contributed by atoms with Gasteiger partial charge in [0.2, 0.25) is 13.4 Å². The maximum atomic E-state index is 12.5. The summed E-state index contributed by atoms with van der Waals surface area (Å²) in [5, 5.41) is 0. The molecule has 102 valence electrons. The van der Waals surface area contributed by atoms with Gasteiger partial charge in [-0.2, -0.15) is 13.2 Å². The van der Waals surface area contributed by atoms with Gasteiger partial charge in [0, 0.05) is 0 Å². The third-order valence-electron chi connectivity index (χ3n) is 1.40. The number of hydrogen-bond donors (Lipinski definition) is 0. The molecule has 1 aromatic rings. The molecule has 0 aromatic carbocycles. The third-order valence-corrected chi connectivity index (χ3v) is 2.41. The molecular formula is C6Cl6F3N3. The molecule has 0 bridgehead atoms. The maximum Gasteiger partial charge on any atom is 0.451 e. The highest BCUT2D eigenvalue weighted by Crippen LogP contribution is 2.41. The number of halogens is 9. The normalized spacial score (nSPS) is 13.8. The van der Waals surface area contributed by atoms with Crippen LogP contribution < -0.4 is 0 Å². The Hall–Kier alpha value is 0.540. The molecule has 0 atom stereocenters. The average molecular weight is 384 g/mol. The lowest BCUT2D eigenvalue weighted by atomic mass is 10.5. The molecule has 0 saturated carbocycles. The predicted octanol–water partition coefficient (Wildman–Crippen LogP) is 4.54. The van der Waals surface area contributed by atoms with E-state index >= 15 is 0 Å². The van der Waals surface area contributed by atoms with Gasteiger partial charge < -0.3 is 0 Å². The average Bonchev–Trinajstić information content (AvgIpc) is 2.13. The fourth-order valence-electron chi connectivity index (χ4n) is 0.756. The molecule has 0 radical (unpaired) electrons. The number of aromatic nitrogens is 3. The van der Waals surface area contributed by atoms with E-state index in [2.05, 4.69) is 15.0 Å². The van der Waals surface area contributed by atoms with Crippen molar-refractivity contribution in [3.63, 3.8) is 0 Å². The van der Waals surface area contributed by atoms with Gasteiger partial charge in [-0.1, -0.05) is 69.6 Å². The Labute approximate surface area is 129 Å². The fraction of sp³-hybridized carbons (Fsp3) is 0.500. The van der Waals surface area contributed by atoms with Crippen LogP contribution in [0, 0.1) is 0 Å². The van der Waals surface area contributed by atoms with Crippen LogP contribution in [0.4, 0.5) is 13.2 Å². The molecule has 1 heterocycles. The summed E-state index contributed by atoms with van der Waals surface area (Å²) in [5.41, 5.74) is 0. The van der Waals surface area contributed by atoms with Gasteiger partial charge >= 0.3 is 6.18 Å². The molecule has 0 unspecified atom stereocenters. The summed E-state index contributed by atoms with van der Waals surface area (Å²) in [4.78, 5) is 9.32. The standard InChI is InChI=1S/C6Cl6F3N3/c7-4(8,9)1-16-2(5(10,11)12)18-3(17-1)6(13,14)15. The molecule has 0 spiro atoms. The second-order valence-corrected chi connectivity index (χ2v) is 7.36. The van der Waals surface area contributed by atoms with E-state index in [0.29, 0.717) is 0 Å². The van der Waals surface area contributed by atoms with E-state index in [1.807, 2.05) is 0 Å². The van der Waals surface area contributed by atoms with Crippen LogP contribution in [0.15, 0.2) is 0 Å². The predicted molar refractivity (Wildman–Crippen MR) is 63.3 cm³/mol. The summed E-state index contributed by atoms with van der Waals surface area (Å²) in [6.45, 7) is 0. The molecule has 0 fully saturated rings. The van der Waals surface area contributed by atoms with E-state index < -0.39 is 31.2 Å². The Bertz CT molecular complexity index is 372. The van der Waals surface area contributed by atoms with Gasteiger partial charge in [0.1, 0.15) is 0 Å². The van der Waals surface area contributed by atoms with E-state index in [4.69, 9.17) is 69.6 Å². The molecule has 0 amide bonds. The van der Waals surface area contributed by atoms with E-state index in [1.54, 1.807) is 0 Å². The van der Waals surface area contributed by atoms with Gasteiger partial charge in [0.25, 0.3) is 0 Å². The van der Waals surface area contributed by atoms with Gasteiger partial charge in [0.15, 0.2) is 11.6 Å². The van der Waals surface area contributed by atoms with Crippen molar-refractivity contribution in [3.05, 3.63) is 17.5 Å². The van der Waals surface area contributed by atoms with E-state index in [0.717, 1.165) is 0 Å². The van der Waals surface area contributed by atoms with Crippen LogP contribution in [0.3, 0.4) is 0 Å². The lowest BCUT2D eigenvalue weighted by Gasteiger charge is -2.16. The van der Waals surface area contributed by atoms with E-state index in [9.17, 15) is 13.2 Å². The first-order valence-corrected chi connectivity index (χ1v) is 6.06. The van der Waals surface area contributed by atoms with Gasteiger partial charge in [-0.05, 0) is 0 Å². The molecule has 0 saturated heterocycles. The van der Waals surface area contributed by atoms with Crippen molar-refractivity contribution in [2.24, 2.45) is 0 Å². The molecule has 0 aliphatic rings. The zero-order valence-electron chi connectivity index (χ0n) is 7.74. The second-order valence-electron chi connectivity index (χ2n) is 2.80. The summed E-state index contributed by atoms with van der Waals surface area (Å²) in [6, 6.07) is 0. The molecule has 3 nitrogen and oxygen atoms in total. The van der Waals surface area contributed by atoms with Crippen molar-refractivity contribution in [2.45, 2.75) is 13.8 Å². The molecule has 18 heavy (non-hydrogen) atoms. The first-order chi connectivity index (χ1) is 7.82. The Balaban J connectivity index is 3.49. The Morgan fingerprint density at radius 3 is 1.11 bits per heavy atom. The molecule has 0 aliphatic heterocycles. The van der Waals surface area contributed by atoms with Crippen molar-refractivity contribution >= 4 is 69.6 Å². The van der Waals surface area contributed by atoms with Crippen LogP contribution >= 0.6 is 69.6 Å². The van der Waals surface area contributed by atoms with Gasteiger partial charge in [-0.15, -0.1) is 0 Å². The van der Waals surface area contributed by atoms with Crippen molar-refractivity contribution in [1.82, 2.24) is 15.0 Å². The largest absolute Gasteiger partial charge is 0.451 e. The molecule has 1 rings (SSSR count). The van der Waals surface area contributed by atoms with Crippen LogP contribution in [0.1, 0.15) is 17.5 Å². The highest BCUT2D eigenvalue weighted by Gasteiger charge is 2.41. The highest BCUT2D eigenvalue weighted by atomic mass is 35.6. The minimum Gasteiger partial charge on any atom is -0.209 e. The smallest absolute Gasteiger partial charge is 0.209 e. The molecular weight excluding hydrogens is 384 g/mol. The summed E-state index contributed by atoms with van der Waals surface area (Å²) >= 11 is 32.3. The van der Waals surface area contributed by atoms with Crippen molar-refractivity contribution in [3.8, 4) is 0 Å². The van der Waals surface area contributed by atoms with E-state index in [-0.39, 0.29) is 0 Å². The zero-order chi connectivity index (χ0) is 14.4. The van der Waals surface area contributed by atoms with Crippen LogP contribution in [0.2, 0.25) is 0 Å². The number of hydrogen-bond acceptors (Lipinski definition) is 3. The number of alkyl halides is 9. The highest BCUT2D eigenvalue weighted by molar-refractivity contribution is 6.67. The van der Waals surface area contributed by atoms with E-state index in [1.165, 1.54) is 0 Å². The second kappa shape index (κ2) is 5.14. The summed E-state index contributed by atoms with van der Waals surface area (Å²) in [6.07, 6.45) is -4.90. The van der Waals surface area contributed by atoms with Gasteiger partial charge in [-0.3, -0.25) is 0 Å². The SMILES string of the molecule is FC(F)(F)c1nc(C(Cl)(Cl)Cl)nc(C(Cl)(Cl)Cl)n1. The quantitative estimate of drug-likeness (QED) is 0.617. The Morgan fingerprint density at radius 2 is 0.889 bits per heavy atom.